The van der Waals surface area contributed by atoms with Gasteiger partial charge in [-0.2, -0.15) is 4.68 Å². The van der Waals surface area contributed by atoms with Gasteiger partial charge in [-0.3, -0.25) is 4.79 Å². The highest BCUT2D eigenvalue weighted by molar-refractivity contribution is 7.13. The average molecular weight is 319 g/mol. The van der Waals surface area contributed by atoms with Gasteiger partial charge in [0, 0.05) is 5.69 Å². The van der Waals surface area contributed by atoms with E-state index in [2.05, 4.69) is 10.4 Å². The Morgan fingerprint density at radius 1 is 1.36 bits per heavy atom. The summed E-state index contributed by atoms with van der Waals surface area (Å²) in [5.74, 6) is -1.52. The highest BCUT2D eigenvalue weighted by Crippen LogP contribution is 2.21. The van der Waals surface area contributed by atoms with Gasteiger partial charge in [0.2, 0.25) is 5.91 Å². The number of hydrogen-bond donors (Lipinski definition) is 1. The van der Waals surface area contributed by atoms with Crippen LogP contribution in [0.1, 0.15) is 0 Å². The monoisotopic (exact) mass is 319 g/mol. The van der Waals surface area contributed by atoms with Crippen molar-refractivity contribution in [2.75, 3.05) is 5.32 Å². The molecular formula is C14H10FN3O3S. The molecule has 2 aromatic heterocycles. The second-order valence-corrected chi connectivity index (χ2v) is 5.31. The molecule has 2 heterocycles. The summed E-state index contributed by atoms with van der Waals surface area (Å²) in [4.78, 5) is 24.2. The van der Waals surface area contributed by atoms with Crippen LogP contribution in [0.5, 0.6) is 0 Å². The van der Waals surface area contributed by atoms with Crippen LogP contribution in [0.4, 0.5) is 10.1 Å². The fourth-order valence-electron chi connectivity index (χ4n) is 1.81. The molecule has 22 heavy (non-hydrogen) atoms. The lowest BCUT2D eigenvalue weighted by Gasteiger charge is -2.04. The third kappa shape index (κ3) is 3.12. The number of benzene rings is 1. The van der Waals surface area contributed by atoms with Gasteiger partial charge in [-0.05, 0) is 29.6 Å². The Labute approximate surface area is 127 Å². The minimum atomic E-state index is -0.724. The summed E-state index contributed by atoms with van der Waals surface area (Å²) in [6.45, 7) is -0.315. The lowest BCUT2D eigenvalue weighted by molar-refractivity contribution is -0.117. The number of nitrogens with one attached hydrogen (secondary N) is 1. The van der Waals surface area contributed by atoms with Gasteiger partial charge in [0.1, 0.15) is 12.4 Å². The second-order valence-electron chi connectivity index (χ2n) is 4.37. The van der Waals surface area contributed by atoms with E-state index < -0.39 is 17.5 Å². The topological polar surface area (TPSA) is 77.1 Å². The Balaban J connectivity index is 1.73. The number of thiophene rings is 1. The van der Waals surface area contributed by atoms with Gasteiger partial charge in [-0.25, -0.2) is 9.18 Å². The van der Waals surface area contributed by atoms with Crippen LogP contribution in [0, 0.1) is 5.82 Å². The van der Waals surface area contributed by atoms with Crippen LogP contribution in [0.3, 0.4) is 0 Å². The minimum absolute atomic E-state index is 0.165. The zero-order chi connectivity index (χ0) is 15.5. The molecule has 8 heteroatoms. The molecule has 0 fully saturated rings. The van der Waals surface area contributed by atoms with Crippen molar-refractivity contribution in [1.82, 2.24) is 9.78 Å². The minimum Gasteiger partial charge on any atom is -0.387 e. The second kappa shape index (κ2) is 5.94. The van der Waals surface area contributed by atoms with Gasteiger partial charge in [0.15, 0.2) is 0 Å². The zero-order valence-corrected chi connectivity index (χ0v) is 12.0. The van der Waals surface area contributed by atoms with Gasteiger partial charge in [-0.15, -0.1) is 16.4 Å². The Bertz CT molecular complexity index is 854. The molecule has 0 atom stereocenters. The molecule has 3 aromatic rings. The molecule has 0 aliphatic rings. The summed E-state index contributed by atoms with van der Waals surface area (Å²) in [7, 11) is 0. The molecule has 1 aromatic carbocycles. The van der Waals surface area contributed by atoms with Gasteiger partial charge in [0.25, 0.3) is 5.89 Å². The van der Waals surface area contributed by atoms with Gasteiger partial charge >= 0.3 is 5.76 Å². The van der Waals surface area contributed by atoms with E-state index in [-0.39, 0.29) is 12.4 Å². The van der Waals surface area contributed by atoms with Crippen molar-refractivity contribution in [2.45, 2.75) is 6.54 Å². The number of carbonyl (C=O) groups excluding carboxylic acids is 1. The van der Waals surface area contributed by atoms with Crippen molar-refractivity contribution in [2.24, 2.45) is 0 Å². The number of carbonyl (C=O) groups is 1. The van der Waals surface area contributed by atoms with Crippen LogP contribution in [-0.2, 0) is 11.3 Å². The number of rotatable bonds is 4. The van der Waals surface area contributed by atoms with Crippen molar-refractivity contribution in [1.29, 1.82) is 0 Å². The normalized spacial score (nSPS) is 10.6. The highest BCUT2D eigenvalue weighted by Gasteiger charge is 2.14. The first-order chi connectivity index (χ1) is 10.6. The molecule has 0 saturated carbocycles. The van der Waals surface area contributed by atoms with Crippen LogP contribution in [0.25, 0.3) is 10.8 Å². The van der Waals surface area contributed by atoms with Gasteiger partial charge in [0.05, 0.1) is 4.88 Å². The number of amides is 1. The molecule has 0 saturated heterocycles. The van der Waals surface area contributed by atoms with Crippen molar-refractivity contribution < 1.29 is 13.6 Å². The number of aromatic nitrogens is 2. The van der Waals surface area contributed by atoms with E-state index in [4.69, 9.17) is 4.42 Å². The van der Waals surface area contributed by atoms with E-state index in [1.54, 1.807) is 18.2 Å². The molecule has 0 bridgehead atoms. The van der Waals surface area contributed by atoms with Crippen LogP contribution >= 0.6 is 11.3 Å². The van der Waals surface area contributed by atoms with Crippen LogP contribution < -0.4 is 11.1 Å². The fourth-order valence-corrected chi connectivity index (χ4v) is 2.45. The lowest BCUT2D eigenvalue weighted by atomic mass is 10.3. The number of halogens is 1. The largest absolute Gasteiger partial charge is 0.437 e. The maximum atomic E-state index is 13.0. The van der Waals surface area contributed by atoms with Crippen molar-refractivity contribution >= 4 is 22.9 Å². The summed E-state index contributed by atoms with van der Waals surface area (Å²) in [6.07, 6.45) is 0. The molecule has 0 aliphatic heterocycles. The third-order valence-electron chi connectivity index (χ3n) is 2.74. The summed E-state index contributed by atoms with van der Waals surface area (Å²) in [6, 6.07) is 9.03. The predicted octanol–water partition coefficient (Wildman–Crippen LogP) is 2.34. The first kappa shape index (κ1) is 14.2. The number of nitrogens with zero attached hydrogens (tertiary/aromatic N) is 2. The van der Waals surface area contributed by atoms with E-state index in [1.165, 1.54) is 29.5 Å². The van der Waals surface area contributed by atoms with Gasteiger partial charge in [-0.1, -0.05) is 12.1 Å². The highest BCUT2D eigenvalue weighted by atomic mass is 32.1. The summed E-state index contributed by atoms with van der Waals surface area (Å²) >= 11 is 1.37. The fraction of sp³-hybridized carbons (Fsp3) is 0.0714. The number of anilines is 1. The van der Waals surface area contributed by atoms with Crippen LogP contribution in [0.2, 0.25) is 0 Å². The standard InChI is InChI=1S/C14H10FN3O3S/c15-9-3-1-4-10(7-9)16-12(19)8-18-14(20)21-13(17-18)11-5-2-6-22-11/h1-7H,8H2,(H,16,19). The van der Waals surface area contributed by atoms with Crippen LogP contribution in [0.15, 0.2) is 51.0 Å². The van der Waals surface area contributed by atoms with Crippen LogP contribution in [-0.4, -0.2) is 15.7 Å². The third-order valence-corrected chi connectivity index (χ3v) is 3.60. The smallest absolute Gasteiger partial charge is 0.387 e. The molecule has 1 N–H and O–H groups in total. The van der Waals surface area contributed by atoms with Crippen molar-refractivity contribution in [3.05, 3.63) is 58.1 Å². The maximum absolute atomic E-state index is 13.0. The zero-order valence-electron chi connectivity index (χ0n) is 11.2. The molecule has 3 rings (SSSR count). The Hall–Kier alpha value is -2.74. The Morgan fingerprint density at radius 2 is 2.23 bits per heavy atom. The van der Waals surface area contributed by atoms with Gasteiger partial charge < -0.3 is 9.73 Å². The first-order valence-electron chi connectivity index (χ1n) is 6.29. The van der Waals surface area contributed by atoms with E-state index in [9.17, 15) is 14.0 Å². The molecule has 6 nitrogen and oxygen atoms in total. The Morgan fingerprint density at radius 3 is 2.95 bits per heavy atom. The predicted molar refractivity (Wildman–Crippen MR) is 79.1 cm³/mol. The number of hydrogen-bond acceptors (Lipinski definition) is 5. The summed E-state index contributed by atoms with van der Waals surface area (Å²) in [5, 5.41) is 8.27. The molecule has 0 aliphatic carbocycles. The molecule has 0 radical (unpaired) electrons. The quantitative estimate of drug-likeness (QED) is 0.801. The molecule has 1 amide bonds. The lowest BCUT2D eigenvalue weighted by Crippen LogP contribution is -2.25. The average Bonchev–Trinajstić information content (AvgIpc) is 3.09. The van der Waals surface area contributed by atoms with Crippen molar-refractivity contribution in [3.8, 4) is 10.8 Å². The first-order valence-corrected chi connectivity index (χ1v) is 7.17. The van der Waals surface area contributed by atoms with E-state index in [0.29, 0.717) is 10.6 Å². The summed E-state index contributed by atoms with van der Waals surface area (Å²) in [5.41, 5.74) is 0.306. The Kier molecular flexibility index (Phi) is 3.84. The molecule has 112 valence electrons. The van der Waals surface area contributed by atoms with Crippen molar-refractivity contribution in [3.63, 3.8) is 0 Å². The summed E-state index contributed by atoms with van der Waals surface area (Å²) < 4.78 is 19.0. The molecule has 0 unspecified atom stereocenters. The SMILES string of the molecule is O=C(Cn1nc(-c2cccs2)oc1=O)Nc1cccc(F)c1. The maximum Gasteiger partial charge on any atom is 0.437 e. The van der Waals surface area contributed by atoms with E-state index >= 15 is 0 Å². The molecule has 0 spiro atoms. The van der Waals surface area contributed by atoms with E-state index in [0.717, 1.165) is 4.68 Å². The van der Waals surface area contributed by atoms with E-state index in [1.807, 2.05) is 5.38 Å². The molecular weight excluding hydrogens is 309 g/mol.